The van der Waals surface area contributed by atoms with Crippen molar-refractivity contribution < 1.29 is 14.0 Å². The number of carbonyl (C=O) groups excluding carboxylic acids is 2. The van der Waals surface area contributed by atoms with E-state index in [1.165, 1.54) is 22.7 Å². The number of nitrogens with zero attached hydrogens (tertiary/aromatic N) is 1. The van der Waals surface area contributed by atoms with Crippen LogP contribution in [0.25, 0.3) is 0 Å². The van der Waals surface area contributed by atoms with Crippen LogP contribution in [0, 0.1) is 5.82 Å². The molecule has 2 aromatic carbocycles. The minimum atomic E-state index is -0.690. The van der Waals surface area contributed by atoms with Crippen LogP contribution in [-0.4, -0.2) is 34.6 Å². The fourth-order valence-electron chi connectivity index (χ4n) is 3.77. The van der Waals surface area contributed by atoms with Crippen molar-refractivity contribution >= 4 is 46.8 Å². The minimum Gasteiger partial charge on any atom is -0.352 e. The van der Waals surface area contributed by atoms with Gasteiger partial charge in [0.2, 0.25) is 11.8 Å². The van der Waals surface area contributed by atoms with E-state index in [0.717, 1.165) is 25.7 Å². The van der Waals surface area contributed by atoms with Crippen LogP contribution in [0.3, 0.4) is 0 Å². The summed E-state index contributed by atoms with van der Waals surface area (Å²) in [6, 6.07) is 11.1. The second kappa shape index (κ2) is 11.9. The van der Waals surface area contributed by atoms with Crippen molar-refractivity contribution in [3.05, 3.63) is 69.5 Å². The molecule has 0 bridgehead atoms. The third-order valence-electron chi connectivity index (χ3n) is 5.70. The summed E-state index contributed by atoms with van der Waals surface area (Å²) in [6.45, 7) is 1.84. The van der Waals surface area contributed by atoms with E-state index >= 15 is 0 Å². The zero-order chi connectivity index (χ0) is 23.1. The van der Waals surface area contributed by atoms with Crippen molar-refractivity contribution in [2.45, 2.75) is 57.0 Å². The summed E-state index contributed by atoms with van der Waals surface area (Å²) in [5.74, 6) is -0.237. The van der Waals surface area contributed by atoms with Crippen molar-refractivity contribution in [3.8, 4) is 0 Å². The molecule has 32 heavy (non-hydrogen) atoms. The van der Waals surface area contributed by atoms with Crippen molar-refractivity contribution in [1.82, 2.24) is 10.2 Å². The molecule has 1 fully saturated rings. The summed E-state index contributed by atoms with van der Waals surface area (Å²) < 4.78 is 13.9. The molecule has 172 valence electrons. The van der Waals surface area contributed by atoms with Crippen LogP contribution in [0.2, 0.25) is 10.0 Å². The third kappa shape index (κ3) is 6.63. The van der Waals surface area contributed by atoms with Gasteiger partial charge in [-0.1, -0.05) is 60.3 Å². The van der Waals surface area contributed by atoms with Gasteiger partial charge < -0.3 is 10.2 Å². The van der Waals surface area contributed by atoms with Gasteiger partial charge in [0.05, 0.1) is 5.75 Å². The Kier molecular flexibility index (Phi) is 9.26. The molecule has 8 heteroatoms. The predicted octanol–water partition coefficient (Wildman–Crippen LogP) is 5.84. The number of hydrogen-bond donors (Lipinski definition) is 1. The largest absolute Gasteiger partial charge is 0.352 e. The molecular formula is C24H27Cl2FN2O2S. The van der Waals surface area contributed by atoms with Gasteiger partial charge in [0.1, 0.15) is 11.9 Å². The van der Waals surface area contributed by atoms with Crippen molar-refractivity contribution in [3.63, 3.8) is 0 Å². The molecule has 1 aliphatic rings. The molecule has 0 spiro atoms. The van der Waals surface area contributed by atoms with Gasteiger partial charge in [0.15, 0.2) is 0 Å². The van der Waals surface area contributed by atoms with E-state index in [0.29, 0.717) is 26.9 Å². The molecule has 2 aromatic rings. The van der Waals surface area contributed by atoms with Crippen LogP contribution in [0.15, 0.2) is 42.5 Å². The maximum atomic E-state index is 13.9. The number of benzene rings is 2. The Morgan fingerprint density at radius 1 is 1.12 bits per heavy atom. The number of carbonyl (C=O) groups is 2. The highest BCUT2D eigenvalue weighted by Crippen LogP contribution is 2.27. The quantitative estimate of drug-likeness (QED) is 0.474. The molecule has 0 radical (unpaired) electrons. The van der Waals surface area contributed by atoms with Crippen molar-refractivity contribution in [2.75, 3.05) is 5.75 Å². The number of amides is 2. The second-order valence-corrected chi connectivity index (χ2v) is 9.77. The van der Waals surface area contributed by atoms with E-state index in [1.54, 1.807) is 43.3 Å². The highest BCUT2D eigenvalue weighted by molar-refractivity contribution is 7.99. The summed E-state index contributed by atoms with van der Waals surface area (Å²) >= 11 is 14.0. The molecule has 2 amide bonds. The molecule has 1 saturated carbocycles. The van der Waals surface area contributed by atoms with E-state index in [9.17, 15) is 14.0 Å². The van der Waals surface area contributed by atoms with E-state index in [2.05, 4.69) is 5.32 Å². The van der Waals surface area contributed by atoms with E-state index in [4.69, 9.17) is 23.2 Å². The number of nitrogens with one attached hydrogen (secondary N) is 1. The zero-order valence-electron chi connectivity index (χ0n) is 18.0. The van der Waals surface area contributed by atoms with Gasteiger partial charge in [-0.15, -0.1) is 11.8 Å². The number of halogens is 3. The molecule has 0 unspecified atom stereocenters. The highest BCUT2D eigenvalue weighted by atomic mass is 35.5. The second-order valence-electron chi connectivity index (χ2n) is 7.97. The smallest absolute Gasteiger partial charge is 0.242 e. The Bertz CT molecular complexity index is 933. The van der Waals surface area contributed by atoms with Gasteiger partial charge in [-0.3, -0.25) is 9.59 Å². The molecule has 0 saturated heterocycles. The van der Waals surface area contributed by atoms with Gasteiger partial charge in [-0.2, -0.15) is 0 Å². The molecule has 3 rings (SSSR count). The lowest BCUT2D eigenvalue weighted by atomic mass is 10.1. The van der Waals surface area contributed by atoms with Crippen LogP contribution >= 0.6 is 35.0 Å². The number of thioether (sulfide) groups is 1. The number of rotatable bonds is 9. The first-order chi connectivity index (χ1) is 15.4. The summed E-state index contributed by atoms with van der Waals surface area (Å²) in [6.07, 6.45) is 4.12. The highest BCUT2D eigenvalue weighted by Gasteiger charge is 2.29. The van der Waals surface area contributed by atoms with Crippen LogP contribution < -0.4 is 5.32 Å². The van der Waals surface area contributed by atoms with Crippen molar-refractivity contribution in [1.29, 1.82) is 0 Å². The molecular weight excluding hydrogens is 470 g/mol. The maximum absolute atomic E-state index is 13.9. The lowest BCUT2D eigenvalue weighted by Gasteiger charge is -2.30. The Morgan fingerprint density at radius 3 is 2.44 bits per heavy atom. The van der Waals surface area contributed by atoms with Gasteiger partial charge in [-0.05, 0) is 43.5 Å². The molecule has 0 aromatic heterocycles. The lowest BCUT2D eigenvalue weighted by Crippen LogP contribution is -2.50. The summed E-state index contributed by atoms with van der Waals surface area (Å²) in [5, 5.41) is 3.95. The fourth-order valence-corrected chi connectivity index (χ4v) is 5.19. The van der Waals surface area contributed by atoms with E-state index in [-0.39, 0.29) is 36.0 Å². The Balaban J connectivity index is 1.71. The van der Waals surface area contributed by atoms with Crippen LogP contribution in [0.4, 0.5) is 4.39 Å². The Hall–Kier alpha value is -1.76. The van der Waals surface area contributed by atoms with Crippen molar-refractivity contribution in [2.24, 2.45) is 0 Å². The summed E-state index contributed by atoms with van der Waals surface area (Å²) in [7, 11) is 0. The van der Waals surface area contributed by atoms with Gasteiger partial charge in [0, 0.05) is 33.9 Å². The first-order valence-electron chi connectivity index (χ1n) is 10.7. The van der Waals surface area contributed by atoms with E-state index < -0.39 is 6.04 Å². The Labute approximate surface area is 202 Å². The van der Waals surface area contributed by atoms with Crippen LogP contribution in [0.5, 0.6) is 0 Å². The van der Waals surface area contributed by atoms with Crippen LogP contribution in [0.1, 0.15) is 43.7 Å². The molecule has 0 aliphatic heterocycles. The maximum Gasteiger partial charge on any atom is 0.242 e. The standard InChI is InChI=1S/C24H27Cl2FN2O2S/c1-16(24(31)28-18-8-3-4-9-18)29(13-19-20(25)10-6-11-21(19)26)23(30)15-32-14-17-7-2-5-12-22(17)27/h2,5-7,10-12,16,18H,3-4,8-9,13-15H2,1H3,(H,28,31)/t16-/m0/s1. The number of hydrogen-bond acceptors (Lipinski definition) is 3. The first-order valence-corrected chi connectivity index (χ1v) is 12.6. The van der Waals surface area contributed by atoms with Gasteiger partial charge in [-0.25, -0.2) is 4.39 Å². The molecule has 4 nitrogen and oxygen atoms in total. The lowest BCUT2D eigenvalue weighted by molar-refractivity contribution is -0.138. The average molecular weight is 497 g/mol. The topological polar surface area (TPSA) is 49.4 Å². The van der Waals surface area contributed by atoms with Gasteiger partial charge in [0.25, 0.3) is 0 Å². The fraction of sp³-hybridized carbons (Fsp3) is 0.417. The summed E-state index contributed by atoms with van der Waals surface area (Å²) in [5.41, 5.74) is 1.14. The molecule has 1 aliphatic carbocycles. The monoisotopic (exact) mass is 496 g/mol. The predicted molar refractivity (Wildman–Crippen MR) is 129 cm³/mol. The summed E-state index contributed by atoms with van der Waals surface area (Å²) in [4.78, 5) is 27.6. The Morgan fingerprint density at radius 2 is 1.78 bits per heavy atom. The zero-order valence-corrected chi connectivity index (χ0v) is 20.3. The first kappa shape index (κ1) is 24.9. The van der Waals surface area contributed by atoms with Crippen LogP contribution in [-0.2, 0) is 21.9 Å². The normalized spacial score (nSPS) is 14.9. The SMILES string of the molecule is C[C@@H](C(=O)NC1CCCC1)N(Cc1c(Cl)cccc1Cl)C(=O)CSCc1ccccc1F. The molecule has 1 N–H and O–H groups in total. The van der Waals surface area contributed by atoms with E-state index in [1.807, 2.05) is 0 Å². The minimum absolute atomic E-state index is 0.109. The third-order valence-corrected chi connectivity index (χ3v) is 7.37. The average Bonchev–Trinajstić information content (AvgIpc) is 3.27. The van der Waals surface area contributed by atoms with Gasteiger partial charge >= 0.3 is 0 Å². The molecule has 0 heterocycles. The molecule has 1 atom stereocenters.